The van der Waals surface area contributed by atoms with E-state index in [1.807, 2.05) is 91.0 Å². The van der Waals surface area contributed by atoms with E-state index in [1.165, 1.54) is 6.42 Å². The molecule has 1 fully saturated rings. The second-order valence-corrected chi connectivity index (χ2v) is 11.9. The zero-order chi connectivity index (χ0) is 32.4. The number of nitrogens with zero attached hydrogens (tertiary/aromatic N) is 3. The molecule has 0 bridgehead atoms. The fraction of sp³-hybridized carbons (Fsp3) is 0.205. The van der Waals surface area contributed by atoms with Gasteiger partial charge in [-0.25, -0.2) is 9.78 Å². The van der Waals surface area contributed by atoms with E-state index in [0.29, 0.717) is 30.2 Å². The van der Waals surface area contributed by atoms with Crippen molar-refractivity contribution >= 4 is 29.7 Å². The van der Waals surface area contributed by atoms with Gasteiger partial charge in [0, 0.05) is 54.4 Å². The van der Waals surface area contributed by atoms with E-state index in [4.69, 9.17) is 0 Å². The molecular weight excluding hydrogens is 586 g/mol. The zero-order valence-corrected chi connectivity index (χ0v) is 26.1. The molecular formula is C39H37N5O3. The molecule has 2 heterocycles. The van der Waals surface area contributed by atoms with Gasteiger partial charge in [-0.05, 0) is 77.1 Å². The normalized spacial score (nSPS) is 13.0. The Morgan fingerprint density at radius 3 is 2.15 bits per heavy atom. The van der Waals surface area contributed by atoms with E-state index < -0.39 is 0 Å². The molecule has 5 aromatic rings. The molecule has 47 heavy (non-hydrogen) atoms. The number of urea groups is 1. The number of hydrogen-bond donors (Lipinski definition) is 2. The second kappa shape index (κ2) is 15.1. The van der Waals surface area contributed by atoms with E-state index in [-0.39, 0.29) is 17.9 Å². The summed E-state index contributed by atoms with van der Waals surface area (Å²) in [6.07, 6.45) is 11.4. The third-order valence-corrected chi connectivity index (χ3v) is 8.53. The number of anilines is 2. The first-order valence-corrected chi connectivity index (χ1v) is 16.0. The highest BCUT2D eigenvalue weighted by Gasteiger charge is 2.21. The molecule has 1 aliphatic rings. The van der Waals surface area contributed by atoms with Crippen LogP contribution in [0.25, 0.3) is 22.3 Å². The number of aldehydes is 1. The molecule has 0 radical (unpaired) electrons. The summed E-state index contributed by atoms with van der Waals surface area (Å²) in [7, 11) is 0. The minimum absolute atomic E-state index is 0.0626. The molecule has 0 spiro atoms. The van der Waals surface area contributed by atoms with E-state index in [1.54, 1.807) is 29.6 Å². The average Bonchev–Trinajstić information content (AvgIpc) is 3.13. The van der Waals surface area contributed by atoms with Crippen molar-refractivity contribution in [3.63, 3.8) is 0 Å². The van der Waals surface area contributed by atoms with Gasteiger partial charge in [-0.1, -0.05) is 79.9 Å². The van der Waals surface area contributed by atoms with Gasteiger partial charge < -0.3 is 15.5 Å². The second-order valence-electron chi connectivity index (χ2n) is 11.9. The monoisotopic (exact) mass is 623 g/mol. The highest BCUT2D eigenvalue weighted by atomic mass is 16.2. The maximum Gasteiger partial charge on any atom is 0.322 e. The number of aromatic nitrogens is 2. The van der Waals surface area contributed by atoms with Crippen molar-refractivity contribution in [3.8, 4) is 22.3 Å². The molecule has 2 aromatic heterocycles. The molecule has 2 N–H and O–H groups in total. The number of pyridine rings is 2. The molecule has 0 unspecified atom stereocenters. The number of hydrogen-bond acceptors (Lipinski definition) is 5. The molecule has 3 aromatic carbocycles. The number of amides is 3. The summed E-state index contributed by atoms with van der Waals surface area (Å²) < 4.78 is 0. The highest BCUT2D eigenvalue weighted by Crippen LogP contribution is 2.26. The van der Waals surface area contributed by atoms with E-state index in [9.17, 15) is 14.4 Å². The smallest absolute Gasteiger partial charge is 0.316 e. The Balaban J connectivity index is 1.11. The lowest BCUT2D eigenvalue weighted by atomic mass is 9.89. The molecule has 8 heteroatoms. The highest BCUT2D eigenvalue weighted by molar-refractivity contribution is 5.92. The van der Waals surface area contributed by atoms with E-state index in [0.717, 1.165) is 65.4 Å². The summed E-state index contributed by atoms with van der Waals surface area (Å²) in [4.78, 5) is 47.8. The Hall–Kier alpha value is -5.63. The van der Waals surface area contributed by atoms with Gasteiger partial charge >= 0.3 is 6.03 Å². The van der Waals surface area contributed by atoms with Crippen LogP contribution in [0.5, 0.6) is 0 Å². The fourth-order valence-corrected chi connectivity index (χ4v) is 5.91. The summed E-state index contributed by atoms with van der Waals surface area (Å²) in [5.41, 5.74) is 7.00. The van der Waals surface area contributed by atoms with Crippen LogP contribution in [0.15, 0.2) is 116 Å². The fourth-order valence-electron chi connectivity index (χ4n) is 5.91. The molecule has 6 rings (SSSR count). The topological polar surface area (TPSA) is 104 Å². The van der Waals surface area contributed by atoms with Gasteiger partial charge in [0.05, 0.1) is 0 Å². The van der Waals surface area contributed by atoms with Crippen molar-refractivity contribution in [1.82, 2.24) is 14.9 Å². The van der Waals surface area contributed by atoms with Crippen LogP contribution in [0.1, 0.15) is 53.6 Å². The van der Waals surface area contributed by atoms with Crippen LogP contribution in [0.4, 0.5) is 16.3 Å². The van der Waals surface area contributed by atoms with Crippen LogP contribution in [-0.4, -0.2) is 33.1 Å². The van der Waals surface area contributed by atoms with Gasteiger partial charge in [0.25, 0.3) is 0 Å². The van der Waals surface area contributed by atoms with Gasteiger partial charge in [-0.15, -0.1) is 0 Å². The molecule has 0 atom stereocenters. The van der Waals surface area contributed by atoms with Crippen LogP contribution < -0.4 is 10.6 Å². The molecule has 1 aliphatic carbocycles. The summed E-state index contributed by atoms with van der Waals surface area (Å²) in [5.74, 6) is 0.712. The third kappa shape index (κ3) is 8.35. The first-order valence-electron chi connectivity index (χ1n) is 16.0. The quantitative estimate of drug-likeness (QED) is 0.152. The van der Waals surface area contributed by atoms with Crippen molar-refractivity contribution in [2.75, 3.05) is 10.6 Å². The summed E-state index contributed by atoms with van der Waals surface area (Å²) >= 11 is 0. The Labute approximate surface area is 274 Å². The Kier molecular flexibility index (Phi) is 10.1. The van der Waals surface area contributed by atoms with Crippen LogP contribution in [0.3, 0.4) is 0 Å². The lowest BCUT2D eigenvalue weighted by Gasteiger charge is -2.23. The molecule has 8 nitrogen and oxygen atoms in total. The van der Waals surface area contributed by atoms with Crippen molar-refractivity contribution < 1.29 is 14.4 Å². The number of rotatable bonds is 10. The van der Waals surface area contributed by atoms with Crippen molar-refractivity contribution in [3.05, 3.63) is 132 Å². The van der Waals surface area contributed by atoms with Gasteiger partial charge in [0.1, 0.15) is 12.1 Å². The van der Waals surface area contributed by atoms with Crippen LogP contribution in [-0.2, 0) is 17.9 Å². The average molecular weight is 624 g/mol. The van der Waals surface area contributed by atoms with Gasteiger partial charge in [-0.3, -0.25) is 14.6 Å². The summed E-state index contributed by atoms with van der Waals surface area (Å²) in [6.45, 7) is 0.776. The third-order valence-electron chi connectivity index (χ3n) is 8.53. The molecule has 1 saturated carbocycles. The standard InChI is InChI=1S/C39H37N5O3/c45-27-29-6-4-10-34(22-29)31-15-18-36(19-16-31)42-39(47)44(26-30-7-5-21-40-23-30)25-28-11-13-32(14-12-28)35-17-20-37(41-24-35)43-38(46)33-8-2-1-3-9-33/h4-7,10-24,27,33H,1-3,8-9,25-26H2,(H,42,47)(H,41,43,46). The number of carbonyl (C=O) groups excluding carboxylic acids is 3. The Morgan fingerprint density at radius 1 is 0.723 bits per heavy atom. The molecule has 236 valence electrons. The van der Waals surface area contributed by atoms with Crippen molar-refractivity contribution in [1.29, 1.82) is 0 Å². The van der Waals surface area contributed by atoms with Gasteiger partial charge in [0.2, 0.25) is 5.91 Å². The minimum atomic E-state index is -0.233. The Bertz CT molecular complexity index is 1800. The van der Waals surface area contributed by atoms with E-state index >= 15 is 0 Å². The molecule has 3 amide bonds. The summed E-state index contributed by atoms with van der Waals surface area (Å²) in [5, 5.41) is 6.01. The first-order chi connectivity index (χ1) is 23.0. The minimum Gasteiger partial charge on any atom is -0.316 e. The predicted octanol–water partition coefficient (Wildman–Crippen LogP) is 8.38. The predicted molar refractivity (Wildman–Crippen MR) is 185 cm³/mol. The largest absolute Gasteiger partial charge is 0.322 e. The number of nitrogens with one attached hydrogen (secondary N) is 2. The van der Waals surface area contributed by atoms with Crippen molar-refractivity contribution in [2.45, 2.75) is 45.2 Å². The summed E-state index contributed by atoms with van der Waals surface area (Å²) in [6, 6.07) is 30.4. The van der Waals surface area contributed by atoms with Crippen molar-refractivity contribution in [2.24, 2.45) is 5.92 Å². The zero-order valence-electron chi connectivity index (χ0n) is 26.1. The lowest BCUT2D eigenvalue weighted by Crippen LogP contribution is -2.34. The van der Waals surface area contributed by atoms with Crippen LogP contribution in [0, 0.1) is 5.92 Å². The number of carbonyl (C=O) groups is 3. The SMILES string of the molecule is O=Cc1cccc(-c2ccc(NC(=O)N(Cc3ccc(-c4ccc(NC(=O)C5CCCCC5)nc4)cc3)Cc3cccnc3)cc2)c1. The van der Waals surface area contributed by atoms with Crippen LogP contribution >= 0.6 is 0 Å². The maximum absolute atomic E-state index is 13.6. The number of benzene rings is 3. The van der Waals surface area contributed by atoms with Crippen LogP contribution in [0.2, 0.25) is 0 Å². The maximum atomic E-state index is 13.6. The van der Waals surface area contributed by atoms with E-state index in [2.05, 4.69) is 20.6 Å². The van der Waals surface area contributed by atoms with Gasteiger partial charge in [0.15, 0.2) is 0 Å². The lowest BCUT2D eigenvalue weighted by molar-refractivity contribution is -0.120. The molecule has 0 aliphatic heterocycles. The first kappa shape index (κ1) is 31.4. The Morgan fingerprint density at radius 2 is 1.45 bits per heavy atom. The molecule has 0 saturated heterocycles. The van der Waals surface area contributed by atoms with Gasteiger partial charge in [-0.2, -0.15) is 0 Å².